The van der Waals surface area contributed by atoms with Gasteiger partial charge in [0.25, 0.3) is 11.7 Å². The van der Waals surface area contributed by atoms with Gasteiger partial charge in [0.05, 0.1) is 6.42 Å². The molecule has 0 bridgehead atoms. The lowest BCUT2D eigenvalue weighted by Crippen LogP contribution is -2.51. The van der Waals surface area contributed by atoms with Crippen LogP contribution in [0, 0.1) is 19.8 Å². The van der Waals surface area contributed by atoms with E-state index in [2.05, 4.69) is 32.7 Å². The Labute approximate surface area is 178 Å². The van der Waals surface area contributed by atoms with E-state index < -0.39 is 17.5 Å². The number of hydrogen-bond donors (Lipinski definition) is 2. The third kappa shape index (κ3) is 3.40. The molecule has 0 atom stereocenters. The molecule has 3 heterocycles. The second-order valence-electron chi connectivity index (χ2n) is 8.12. The smallest absolute Gasteiger partial charge is 0.322 e. The number of carbonyl (C=O) groups excluding carboxylic acids is 3. The molecule has 160 valence electrons. The number of carbonyl (C=O) groups is 3. The van der Waals surface area contributed by atoms with Crippen LogP contribution in [0.5, 0.6) is 0 Å². The van der Waals surface area contributed by atoms with Gasteiger partial charge in [-0.1, -0.05) is 18.7 Å². The molecule has 1 saturated heterocycles. The van der Waals surface area contributed by atoms with Crippen molar-refractivity contribution in [2.45, 2.75) is 63.6 Å². The van der Waals surface area contributed by atoms with Gasteiger partial charge >= 0.3 is 6.03 Å². The Hall–Kier alpha value is -2.69. The zero-order valence-electron chi connectivity index (χ0n) is 17.5. The zero-order valence-corrected chi connectivity index (χ0v) is 18.3. The van der Waals surface area contributed by atoms with Crippen LogP contribution in [0.4, 0.5) is 4.79 Å². The van der Waals surface area contributed by atoms with E-state index in [9.17, 15) is 14.4 Å². The molecule has 0 radical (unpaired) electrons. The maximum absolute atomic E-state index is 12.9. The largest absolute Gasteiger partial charge is 0.344 e. The molecule has 30 heavy (non-hydrogen) atoms. The molecule has 11 heteroatoms. The number of nitrogens with zero attached hydrogens (tertiary/aromatic N) is 5. The van der Waals surface area contributed by atoms with E-state index in [1.54, 1.807) is 11.4 Å². The number of thioether (sulfide) groups is 1. The molecule has 0 aromatic carbocycles. The average molecular weight is 432 g/mol. The Morgan fingerprint density at radius 1 is 1.27 bits per heavy atom. The maximum Gasteiger partial charge on any atom is 0.344 e. The van der Waals surface area contributed by atoms with Crippen molar-refractivity contribution in [2.24, 2.45) is 5.92 Å². The highest BCUT2D eigenvalue weighted by molar-refractivity contribution is 7.98. The summed E-state index contributed by atoms with van der Waals surface area (Å²) in [6.07, 6.45) is 4.77. The minimum absolute atomic E-state index is 0.0316. The monoisotopic (exact) mass is 431 g/mol. The zero-order chi connectivity index (χ0) is 21.6. The number of rotatable bonds is 4. The molecule has 2 aromatic heterocycles. The minimum Gasteiger partial charge on any atom is -0.322 e. The topological polar surface area (TPSA) is 122 Å². The Morgan fingerprint density at radius 2 is 1.97 bits per heavy atom. The summed E-state index contributed by atoms with van der Waals surface area (Å²) in [5, 5.41) is 8.60. The molecule has 10 nitrogen and oxygen atoms in total. The lowest BCUT2D eigenvalue weighted by Gasteiger charge is -2.33. The summed E-state index contributed by atoms with van der Waals surface area (Å²) < 4.78 is 1.60. The SMILES string of the molecule is CSc1nc2nc(C)c(CC(=O)NN3C(=O)NC4(CCC(C)CC4)C3=O)c(C)n2n1. The van der Waals surface area contributed by atoms with E-state index in [4.69, 9.17) is 0 Å². The van der Waals surface area contributed by atoms with E-state index in [-0.39, 0.29) is 12.3 Å². The second kappa shape index (κ2) is 7.53. The number of hydrogen-bond acceptors (Lipinski definition) is 7. The summed E-state index contributed by atoms with van der Waals surface area (Å²) in [6.45, 7) is 5.78. The Bertz CT molecular complexity index is 1040. The van der Waals surface area contributed by atoms with Crippen LogP contribution in [0.15, 0.2) is 5.16 Å². The highest BCUT2D eigenvalue weighted by Gasteiger charge is 2.52. The van der Waals surface area contributed by atoms with E-state index in [0.717, 1.165) is 23.5 Å². The van der Waals surface area contributed by atoms with Crippen molar-refractivity contribution in [1.29, 1.82) is 0 Å². The van der Waals surface area contributed by atoms with Gasteiger partial charge in [-0.2, -0.15) is 9.99 Å². The number of fused-ring (bicyclic) bond motifs is 1. The van der Waals surface area contributed by atoms with Crippen molar-refractivity contribution < 1.29 is 14.4 Å². The van der Waals surface area contributed by atoms with Gasteiger partial charge in [0.15, 0.2) is 0 Å². The molecule has 1 saturated carbocycles. The van der Waals surface area contributed by atoms with Crippen molar-refractivity contribution in [3.63, 3.8) is 0 Å². The van der Waals surface area contributed by atoms with Crippen LogP contribution >= 0.6 is 11.8 Å². The summed E-state index contributed by atoms with van der Waals surface area (Å²) in [5.74, 6) is 0.162. The fourth-order valence-electron chi connectivity index (χ4n) is 4.17. The van der Waals surface area contributed by atoms with Gasteiger partial charge in [-0.25, -0.2) is 14.3 Å². The Balaban J connectivity index is 1.51. The van der Waals surface area contributed by atoms with E-state index in [1.165, 1.54) is 11.8 Å². The summed E-state index contributed by atoms with van der Waals surface area (Å²) in [6, 6.07) is -0.578. The molecule has 1 spiro atoms. The summed E-state index contributed by atoms with van der Waals surface area (Å²) >= 11 is 1.41. The highest BCUT2D eigenvalue weighted by atomic mass is 32.2. The third-order valence-electron chi connectivity index (χ3n) is 6.08. The molecule has 2 N–H and O–H groups in total. The average Bonchev–Trinajstić information content (AvgIpc) is 3.22. The van der Waals surface area contributed by atoms with Gasteiger partial charge in [0.1, 0.15) is 5.54 Å². The molecule has 0 unspecified atom stereocenters. The first-order chi connectivity index (χ1) is 14.2. The van der Waals surface area contributed by atoms with Crippen LogP contribution in [0.3, 0.4) is 0 Å². The van der Waals surface area contributed by atoms with Gasteiger partial charge in [0, 0.05) is 17.0 Å². The molecular weight excluding hydrogens is 406 g/mol. The first kappa shape index (κ1) is 20.6. The number of amides is 4. The number of urea groups is 1. The molecular formula is C19H25N7O3S. The Morgan fingerprint density at radius 3 is 2.63 bits per heavy atom. The van der Waals surface area contributed by atoms with Crippen molar-refractivity contribution >= 4 is 35.4 Å². The van der Waals surface area contributed by atoms with Crippen molar-refractivity contribution in [3.05, 3.63) is 17.0 Å². The summed E-state index contributed by atoms with van der Waals surface area (Å²) in [7, 11) is 0. The first-order valence-corrected chi connectivity index (χ1v) is 11.2. The van der Waals surface area contributed by atoms with Crippen molar-refractivity contribution in [2.75, 3.05) is 6.26 Å². The minimum atomic E-state index is -0.891. The molecule has 2 aliphatic rings. The van der Waals surface area contributed by atoms with Crippen LogP contribution < -0.4 is 10.7 Å². The number of aryl methyl sites for hydroxylation is 2. The van der Waals surface area contributed by atoms with E-state index in [0.29, 0.717) is 41.0 Å². The summed E-state index contributed by atoms with van der Waals surface area (Å²) in [4.78, 5) is 46.8. The predicted molar refractivity (Wildman–Crippen MR) is 110 cm³/mol. The fraction of sp³-hybridized carbons (Fsp3) is 0.579. The molecule has 1 aliphatic heterocycles. The van der Waals surface area contributed by atoms with Crippen LogP contribution in [-0.4, -0.2) is 54.2 Å². The van der Waals surface area contributed by atoms with Gasteiger partial charge in [0.2, 0.25) is 11.1 Å². The Kier molecular flexibility index (Phi) is 5.16. The number of aromatic nitrogens is 4. The van der Waals surface area contributed by atoms with Crippen molar-refractivity contribution in [3.8, 4) is 0 Å². The maximum atomic E-state index is 12.9. The van der Waals surface area contributed by atoms with Crippen LogP contribution in [0.2, 0.25) is 0 Å². The first-order valence-electron chi connectivity index (χ1n) is 9.97. The van der Waals surface area contributed by atoms with E-state index >= 15 is 0 Å². The number of imide groups is 1. The second-order valence-corrected chi connectivity index (χ2v) is 8.89. The third-order valence-corrected chi connectivity index (χ3v) is 6.61. The standard InChI is InChI=1S/C19H25N7O3S/c1-10-5-7-19(8-6-10)15(28)26(18(29)22-19)23-14(27)9-13-11(2)20-16-21-17(30-4)24-25(16)12(13)3/h10H,5-9H2,1-4H3,(H,22,29)(H,23,27). The van der Waals surface area contributed by atoms with Gasteiger partial charge in [-0.05, 0) is 51.7 Å². The van der Waals surface area contributed by atoms with Gasteiger partial charge in [-0.3, -0.25) is 15.0 Å². The van der Waals surface area contributed by atoms with Crippen LogP contribution in [0.25, 0.3) is 5.78 Å². The van der Waals surface area contributed by atoms with Gasteiger partial charge < -0.3 is 5.32 Å². The molecule has 1 aliphatic carbocycles. The normalized spacial score (nSPS) is 24.0. The molecule has 2 aromatic rings. The molecule has 4 amide bonds. The lowest BCUT2D eigenvalue weighted by molar-refractivity contribution is -0.139. The van der Waals surface area contributed by atoms with Crippen LogP contribution in [0.1, 0.15) is 49.6 Å². The summed E-state index contributed by atoms with van der Waals surface area (Å²) in [5.41, 5.74) is 3.68. The van der Waals surface area contributed by atoms with Crippen molar-refractivity contribution in [1.82, 2.24) is 35.3 Å². The molecule has 2 fully saturated rings. The highest BCUT2D eigenvalue weighted by Crippen LogP contribution is 2.35. The van der Waals surface area contributed by atoms with Gasteiger partial charge in [-0.15, -0.1) is 5.10 Å². The number of nitrogens with one attached hydrogen (secondary N) is 2. The van der Waals surface area contributed by atoms with E-state index in [1.807, 2.05) is 13.2 Å². The lowest BCUT2D eigenvalue weighted by atomic mass is 9.77. The number of hydrazine groups is 1. The fourth-order valence-corrected chi connectivity index (χ4v) is 4.51. The molecule has 4 rings (SSSR count). The quantitative estimate of drug-likeness (QED) is 0.556. The van der Waals surface area contributed by atoms with Crippen LogP contribution in [-0.2, 0) is 16.0 Å². The predicted octanol–water partition coefficient (Wildman–Crippen LogP) is 1.54.